The predicted octanol–water partition coefficient (Wildman–Crippen LogP) is 1.76. The van der Waals surface area contributed by atoms with Crippen molar-refractivity contribution in [1.29, 1.82) is 0 Å². The molecular formula is C12H15ClN2O3. The zero-order valence-electron chi connectivity index (χ0n) is 10.4. The average Bonchev–Trinajstić information content (AvgIpc) is 2.38. The second-order valence-corrected chi connectivity index (χ2v) is 4.11. The Morgan fingerprint density at radius 1 is 1.50 bits per heavy atom. The number of aromatic nitrogens is 1. The van der Waals surface area contributed by atoms with Gasteiger partial charge >= 0.3 is 5.97 Å². The van der Waals surface area contributed by atoms with Crippen molar-refractivity contribution in [3.8, 4) is 0 Å². The summed E-state index contributed by atoms with van der Waals surface area (Å²) < 4.78 is 4.52. The Morgan fingerprint density at radius 2 is 2.22 bits per heavy atom. The number of nitrogens with zero attached hydrogens (tertiary/aromatic N) is 2. The minimum absolute atomic E-state index is 0.183. The maximum absolute atomic E-state index is 12.0. The Morgan fingerprint density at radius 3 is 2.83 bits per heavy atom. The topological polar surface area (TPSA) is 59.5 Å². The van der Waals surface area contributed by atoms with Gasteiger partial charge in [-0.2, -0.15) is 0 Å². The molecule has 0 radical (unpaired) electrons. The maximum Gasteiger partial charge on any atom is 0.305 e. The van der Waals surface area contributed by atoms with E-state index >= 15 is 0 Å². The molecule has 0 aliphatic heterocycles. The number of amides is 1. The Hall–Kier alpha value is -1.62. The Bertz CT molecular complexity index is 437. The molecular weight excluding hydrogens is 256 g/mol. The van der Waals surface area contributed by atoms with Crippen molar-refractivity contribution >= 4 is 23.5 Å². The van der Waals surface area contributed by atoms with Crippen LogP contribution in [0.4, 0.5) is 0 Å². The average molecular weight is 271 g/mol. The highest BCUT2D eigenvalue weighted by atomic mass is 35.5. The van der Waals surface area contributed by atoms with Gasteiger partial charge in [-0.1, -0.05) is 11.6 Å². The van der Waals surface area contributed by atoms with E-state index < -0.39 is 0 Å². The molecule has 0 spiro atoms. The number of rotatable bonds is 5. The number of esters is 1. The molecule has 1 aromatic rings. The summed E-state index contributed by atoms with van der Waals surface area (Å²) in [6.45, 7) is 0.457. The van der Waals surface area contributed by atoms with Gasteiger partial charge in [0.1, 0.15) is 5.15 Å². The van der Waals surface area contributed by atoms with E-state index in [4.69, 9.17) is 11.6 Å². The number of halogens is 1. The van der Waals surface area contributed by atoms with Gasteiger partial charge in [-0.15, -0.1) is 0 Å². The first-order chi connectivity index (χ1) is 8.56. The zero-order chi connectivity index (χ0) is 13.5. The fourth-order valence-corrected chi connectivity index (χ4v) is 1.62. The summed E-state index contributed by atoms with van der Waals surface area (Å²) in [5.74, 6) is -0.492. The number of carbonyl (C=O) groups is 2. The van der Waals surface area contributed by atoms with Crippen LogP contribution in [0.15, 0.2) is 18.3 Å². The molecule has 0 fully saturated rings. The molecule has 1 heterocycles. The lowest BCUT2D eigenvalue weighted by molar-refractivity contribution is -0.140. The fraction of sp³-hybridized carbons (Fsp3) is 0.417. The van der Waals surface area contributed by atoms with Gasteiger partial charge in [0, 0.05) is 26.2 Å². The number of methoxy groups -OCH3 is 1. The molecule has 0 saturated carbocycles. The highest BCUT2D eigenvalue weighted by Gasteiger charge is 2.15. The fourth-order valence-electron chi connectivity index (χ4n) is 1.42. The quantitative estimate of drug-likeness (QED) is 0.604. The van der Waals surface area contributed by atoms with Gasteiger partial charge in [-0.25, -0.2) is 4.98 Å². The van der Waals surface area contributed by atoms with Crippen molar-refractivity contribution in [3.05, 3.63) is 29.0 Å². The smallest absolute Gasteiger partial charge is 0.305 e. The molecule has 1 aromatic heterocycles. The van der Waals surface area contributed by atoms with Gasteiger partial charge in [-0.05, 0) is 18.6 Å². The van der Waals surface area contributed by atoms with E-state index in [2.05, 4.69) is 9.72 Å². The van der Waals surface area contributed by atoms with Gasteiger partial charge in [-0.3, -0.25) is 9.59 Å². The van der Waals surface area contributed by atoms with Crippen LogP contribution in [0.25, 0.3) is 0 Å². The van der Waals surface area contributed by atoms with E-state index in [9.17, 15) is 9.59 Å². The van der Waals surface area contributed by atoms with E-state index in [1.54, 1.807) is 19.2 Å². The molecule has 0 aliphatic carbocycles. The molecule has 0 atom stereocenters. The number of hydrogen-bond donors (Lipinski definition) is 0. The van der Waals surface area contributed by atoms with Crippen molar-refractivity contribution in [1.82, 2.24) is 9.88 Å². The first kappa shape index (κ1) is 14.4. The van der Waals surface area contributed by atoms with Crippen LogP contribution in [0.1, 0.15) is 23.2 Å². The summed E-state index contributed by atoms with van der Waals surface area (Å²) in [5.41, 5.74) is 0.361. The lowest BCUT2D eigenvalue weighted by atomic mass is 10.2. The number of pyridine rings is 1. The van der Waals surface area contributed by atoms with Crippen LogP contribution in [0.5, 0.6) is 0 Å². The van der Waals surface area contributed by atoms with Crippen molar-refractivity contribution in [2.24, 2.45) is 0 Å². The van der Waals surface area contributed by atoms with Gasteiger partial charge in [0.25, 0.3) is 5.91 Å². The summed E-state index contributed by atoms with van der Waals surface area (Å²) in [5, 5.41) is 0.183. The van der Waals surface area contributed by atoms with Gasteiger partial charge < -0.3 is 9.64 Å². The molecule has 1 amide bonds. The summed E-state index contributed by atoms with van der Waals surface area (Å²) in [4.78, 5) is 28.3. The minimum Gasteiger partial charge on any atom is -0.469 e. The Balaban J connectivity index is 2.52. The van der Waals surface area contributed by atoms with Crippen LogP contribution >= 0.6 is 11.6 Å². The Kier molecular flexibility index (Phi) is 5.58. The summed E-state index contributed by atoms with van der Waals surface area (Å²) in [6.07, 6.45) is 2.36. The van der Waals surface area contributed by atoms with Crippen molar-refractivity contribution in [3.63, 3.8) is 0 Å². The van der Waals surface area contributed by atoms with Gasteiger partial charge in [0.15, 0.2) is 0 Å². The highest BCUT2D eigenvalue weighted by Crippen LogP contribution is 2.13. The van der Waals surface area contributed by atoms with Crippen LogP contribution in [0.2, 0.25) is 5.15 Å². The van der Waals surface area contributed by atoms with Gasteiger partial charge in [0.2, 0.25) is 0 Å². The lowest BCUT2D eigenvalue weighted by Crippen LogP contribution is -2.28. The normalized spacial score (nSPS) is 9.94. The van der Waals surface area contributed by atoms with E-state index in [-0.39, 0.29) is 23.5 Å². The maximum atomic E-state index is 12.0. The zero-order valence-corrected chi connectivity index (χ0v) is 11.1. The third kappa shape index (κ3) is 4.00. The standard InChI is InChI=1S/C12H15ClN2O3/c1-15(8-4-6-10(16)18-2)12(17)9-5-3-7-14-11(9)13/h3,5,7H,4,6,8H2,1-2H3. The third-order valence-electron chi connectivity index (χ3n) is 2.44. The van der Waals surface area contributed by atoms with Crippen molar-refractivity contribution < 1.29 is 14.3 Å². The van der Waals surface area contributed by atoms with Gasteiger partial charge in [0.05, 0.1) is 12.7 Å². The Labute approximate surface area is 111 Å². The molecule has 0 unspecified atom stereocenters. The SMILES string of the molecule is COC(=O)CCCN(C)C(=O)c1cccnc1Cl. The van der Waals surface area contributed by atoms with Crippen molar-refractivity contribution in [2.45, 2.75) is 12.8 Å². The lowest BCUT2D eigenvalue weighted by Gasteiger charge is -2.17. The molecule has 0 aromatic carbocycles. The molecule has 0 saturated heterocycles. The largest absolute Gasteiger partial charge is 0.469 e. The third-order valence-corrected chi connectivity index (χ3v) is 2.74. The summed E-state index contributed by atoms with van der Waals surface area (Å²) in [6, 6.07) is 3.27. The van der Waals surface area contributed by atoms with Crippen LogP contribution in [-0.4, -0.2) is 42.5 Å². The molecule has 5 nitrogen and oxygen atoms in total. The number of ether oxygens (including phenoxy) is 1. The molecule has 0 bridgehead atoms. The summed E-state index contributed by atoms with van der Waals surface area (Å²) >= 11 is 5.84. The predicted molar refractivity (Wildman–Crippen MR) is 67.5 cm³/mol. The molecule has 18 heavy (non-hydrogen) atoms. The molecule has 98 valence electrons. The second kappa shape index (κ2) is 6.96. The van der Waals surface area contributed by atoms with E-state index in [1.165, 1.54) is 18.2 Å². The number of carbonyl (C=O) groups excluding carboxylic acids is 2. The highest BCUT2D eigenvalue weighted by molar-refractivity contribution is 6.32. The molecule has 0 aliphatic rings. The first-order valence-electron chi connectivity index (χ1n) is 5.49. The van der Waals surface area contributed by atoms with Crippen LogP contribution in [0.3, 0.4) is 0 Å². The van der Waals surface area contributed by atoms with E-state index in [0.29, 0.717) is 18.5 Å². The molecule has 0 N–H and O–H groups in total. The summed E-state index contributed by atoms with van der Waals surface area (Å²) in [7, 11) is 3.00. The van der Waals surface area contributed by atoms with E-state index in [1.807, 2.05) is 0 Å². The van der Waals surface area contributed by atoms with Crippen molar-refractivity contribution in [2.75, 3.05) is 20.7 Å². The van der Waals surface area contributed by atoms with E-state index in [0.717, 1.165) is 0 Å². The van der Waals surface area contributed by atoms with Crippen LogP contribution < -0.4 is 0 Å². The number of hydrogen-bond acceptors (Lipinski definition) is 4. The first-order valence-corrected chi connectivity index (χ1v) is 5.87. The monoisotopic (exact) mass is 270 g/mol. The molecule has 1 rings (SSSR count). The van der Waals surface area contributed by atoms with Crippen LogP contribution in [-0.2, 0) is 9.53 Å². The minimum atomic E-state index is -0.282. The van der Waals surface area contributed by atoms with Crippen LogP contribution in [0, 0.1) is 0 Å². The second-order valence-electron chi connectivity index (χ2n) is 3.75. The molecule has 6 heteroatoms.